The molecule has 1 aromatic carbocycles. The van der Waals surface area contributed by atoms with Crippen LogP contribution in [0.5, 0.6) is 0 Å². The molecule has 1 atom stereocenters. The molecule has 8 heteroatoms. The van der Waals surface area contributed by atoms with Gasteiger partial charge >= 0.3 is 0 Å². The van der Waals surface area contributed by atoms with Crippen LogP contribution in [0.15, 0.2) is 28.5 Å². The Balaban J connectivity index is 1.92. The van der Waals surface area contributed by atoms with Crippen molar-refractivity contribution in [2.45, 2.75) is 25.4 Å². The molecule has 108 valence electrons. The highest BCUT2D eigenvalue weighted by atomic mass is 16.2. The minimum absolute atomic E-state index is 0.228. The number of benzene rings is 1. The van der Waals surface area contributed by atoms with E-state index in [1.807, 2.05) is 0 Å². The van der Waals surface area contributed by atoms with E-state index in [2.05, 4.69) is 15.7 Å². The fraction of sp³-hybridized carbons (Fsp3) is 0.308. The van der Waals surface area contributed by atoms with Crippen molar-refractivity contribution >= 4 is 23.4 Å². The maximum atomic E-state index is 12.4. The van der Waals surface area contributed by atoms with Gasteiger partial charge in [0.25, 0.3) is 5.91 Å². The molecule has 0 aromatic heterocycles. The average molecular weight is 287 g/mol. The summed E-state index contributed by atoms with van der Waals surface area (Å²) in [5, 5.41) is 9.29. The first-order valence-electron chi connectivity index (χ1n) is 6.49. The summed E-state index contributed by atoms with van der Waals surface area (Å²) in [6, 6.07) is 4.44. The van der Waals surface area contributed by atoms with Gasteiger partial charge in [0.15, 0.2) is 0 Å². The summed E-state index contributed by atoms with van der Waals surface area (Å²) in [4.78, 5) is 37.0. The summed E-state index contributed by atoms with van der Waals surface area (Å²) in [5.74, 6) is 4.08. The van der Waals surface area contributed by atoms with E-state index in [0.717, 1.165) is 0 Å². The Morgan fingerprint density at radius 1 is 1.29 bits per heavy atom. The lowest BCUT2D eigenvalue weighted by molar-refractivity contribution is -0.136. The van der Waals surface area contributed by atoms with Crippen LogP contribution >= 0.6 is 0 Å². The number of fused-ring (bicyclic) bond motifs is 1. The number of carbonyl (C=O) groups is 3. The van der Waals surface area contributed by atoms with E-state index in [-0.39, 0.29) is 24.8 Å². The number of piperidine rings is 1. The molecule has 3 rings (SSSR count). The minimum atomic E-state index is -0.634. The predicted molar refractivity (Wildman–Crippen MR) is 71.2 cm³/mol. The van der Waals surface area contributed by atoms with E-state index < -0.39 is 11.9 Å². The standard InChI is InChI=1S/C13H13N5O3/c14-17-16-9-3-1-2-7-8(9)6-18(13(7)21)10-4-5-11(19)15-12(10)20/h1-3,10H,4-6H2,(H2,14,16)(H,15,19,20). The molecule has 3 N–H and O–H groups in total. The molecule has 1 aromatic rings. The third-order valence-corrected chi connectivity index (χ3v) is 3.72. The molecule has 2 heterocycles. The summed E-state index contributed by atoms with van der Waals surface area (Å²) in [6.07, 6.45) is 0.560. The zero-order chi connectivity index (χ0) is 15.0. The highest BCUT2D eigenvalue weighted by Crippen LogP contribution is 2.33. The van der Waals surface area contributed by atoms with Gasteiger partial charge in [0.2, 0.25) is 11.8 Å². The first kappa shape index (κ1) is 13.2. The summed E-state index contributed by atoms with van der Waals surface area (Å²) in [5.41, 5.74) is 1.70. The lowest BCUT2D eigenvalue weighted by atomic mass is 10.0. The van der Waals surface area contributed by atoms with Crippen molar-refractivity contribution in [3.63, 3.8) is 0 Å². The molecule has 0 saturated carbocycles. The smallest absolute Gasteiger partial charge is 0.255 e. The fourth-order valence-corrected chi connectivity index (χ4v) is 2.73. The van der Waals surface area contributed by atoms with Crippen LogP contribution < -0.4 is 11.2 Å². The second kappa shape index (κ2) is 4.97. The van der Waals surface area contributed by atoms with Crippen LogP contribution in [0.3, 0.4) is 0 Å². The van der Waals surface area contributed by atoms with Gasteiger partial charge in [0.05, 0.1) is 5.69 Å². The van der Waals surface area contributed by atoms with Crippen molar-refractivity contribution < 1.29 is 14.4 Å². The van der Waals surface area contributed by atoms with Gasteiger partial charge in [0.1, 0.15) is 6.04 Å². The van der Waals surface area contributed by atoms with Gasteiger partial charge in [-0.25, -0.2) is 0 Å². The Morgan fingerprint density at radius 3 is 2.81 bits per heavy atom. The molecule has 1 fully saturated rings. The molecule has 0 aliphatic carbocycles. The number of hydrogen-bond acceptors (Lipinski definition) is 5. The Morgan fingerprint density at radius 2 is 2.10 bits per heavy atom. The first-order chi connectivity index (χ1) is 10.1. The number of imide groups is 1. The Kier molecular flexibility index (Phi) is 3.13. The predicted octanol–water partition coefficient (Wildman–Crippen LogP) is 0.405. The second-order valence-electron chi connectivity index (χ2n) is 4.92. The molecule has 0 spiro atoms. The van der Waals surface area contributed by atoms with Gasteiger partial charge in [-0.1, -0.05) is 11.3 Å². The van der Waals surface area contributed by atoms with Crippen LogP contribution in [-0.2, 0) is 16.1 Å². The molecule has 0 radical (unpaired) electrons. The number of amides is 3. The summed E-state index contributed by atoms with van der Waals surface area (Å²) in [6.45, 7) is 0.260. The Hall–Kier alpha value is -2.77. The van der Waals surface area contributed by atoms with Gasteiger partial charge in [-0.15, -0.1) is 5.11 Å². The SMILES string of the molecule is NN=Nc1cccc2c1CN(C1CCC(=O)NC1=O)C2=O. The molecule has 8 nitrogen and oxygen atoms in total. The van der Waals surface area contributed by atoms with Gasteiger partial charge in [-0.05, 0) is 18.6 Å². The molecule has 1 saturated heterocycles. The fourth-order valence-electron chi connectivity index (χ4n) is 2.73. The summed E-state index contributed by atoms with van der Waals surface area (Å²) < 4.78 is 0. The van der Waals surface area contributed by atoms with Crippen LogP contribution in [0.4, 0.5) is 5.69 Å². The summed E-state index contributed by atoms with van der Waals surface area (Å²) >= 11 is 0. The van der Waals surface area contributed by atoms with E-state index >= 15 is 0 Å². The number of rotatable bonds is 2. The summed E-state index contributed by atoms with van der Waals surface area (Å²) in [7, 11) is 0. The third kappa shape index (κ3) is 2.14. The minimum Gasteiger partial charge on any atom is -0.322 e. The van der Waals surface area contributed by atoms with E-state index in [0.29, 0.717) is 23.2 Å². The van der Waals surface area contributed by atoms with E-state index in [9.17, 15) is 14.4 Å². The molecule has 0 bridgehead atoms. The molecular formula is C13H13N5O3. The van der Waals surface area contributed by atoms with Gasteiger partial charge in [-0.3, -0.25) is 19.7 Å². The molecule has 21 heavy (non-hydrogen) atoms. The van der Waals surface area contributed by atoms with Crippen molar-refractivity contribution in [2.75, 3.05) is 0 Å². The highest BCUT2D eigenvalue weighted by molar-refractivity contribution is 6.05. The molecule has 3 amide bonds. The van der Waals surface area contributed by atoms with Crippen LogP contribution in [0, 0.1) is 0 Å². The Labute approximate surface area is 120 Å². The zero-order valence-electron chi connectivity index (χ0n) is 11.1. The van der Waals surface area contributed by atoms with Crippen molar-refractivity contribution in [3.05, 3.63) is 29.3 Å². The van der Waals surface area contributed by atoms with Crippen LogP contribution in [0.25, 0.3) is 0 Å². The van der Waals surface area contributed by atoms with Crippen molar-refractivity contribution in [1.29, 1.82) is 0 Å². The van der Waals surface area contributed by atoms with Crippen LogP contribution in [0.1, 0.15) is 28.8 Å². The lowest BCUT2D eigenvalue weighted by Crippen LogP contribution is -2.52. The second-order valence-corrected chi connectivity index (χ2v) is 4.92. The number of nitrogens with zero attached hydrogens (tertiary/aromatic N) is 3. The third-order valence-electron chi connectivity index (χ3n) is 3.72. The molecule has 1 unspecified atom stereocenters. The lowest BCUT2D eigenvalue weighted by Gasteiger charge is -2.29. The normalized spacial score (nSPS) is 21.8. The number of hydrogen-bond donors (Lipinski definition) is 2. The zero-order valence-corrected chi connectivity index (χ0v) is 11.1. The Bertz CT molecular complexity index is 670. The van der Waals surface area contributed by atoms with Gasteiger partial charge in [-0.2, -0.15) is 0 Å². The topological polar surface area (TPSA) is 117 Å². The molecular weight excluding hydrogens is 274 g/mol. The maximum absolute atomic E-state index is 12.4. The van der Waals surface area contributed by atoms with Crippen LogP contribution in [-0.4, -0.2) is 28.7 Å². The maximum Gasteiger partial charge on any atom is 0.255 e. The number of nitrogens with two attached hydrogens (primary N) is 1. The van der Waals surface area contributed by atoms with E-state index in [1.165, 1.54) is 4.90 Å². The largest absolute Gasteiger partial charge is 0.322 e. The van der Waals surface area contributed by atoms with Crippen molar-refractivity contribution in [3.8, 4) is 0 Å². The average Bonchev–Trinajstić information content (AvgIpc) is 2.78. The van der Waals surface area contributed by atoms with Gasteiger partial charge in [0, 0.05) is 24.1 Å². The van der Waals surface area contributed by atoms with Crippen molar-refractivity contribution in [1.82, 2.24) is 10.2 Å². The molecule has 2 aliphatic heterocycles. The van der Waals surface area contributed by atoms with Crippen LogP contribution in [0.2, 0.25) is 0 Å². The highest BCUT2D eigenvalue weighted by Gasteiger charge is 2.39. The monoisotopic (exact) mass is 287 g/mol. The number of carbonyl (C=O) groups excluding carboxylic acids is 3. The van der Waals surface area contributed by atoms with Crippen molar-refractivity contribution in [2.24, 2.45) is 16.2 Å². The first-order valence-corrected chi connectivity index (χ1v) is 6.49. The van der Waals surface area contributed by atoms with Gasteiger partial charge < -0.3 is 10.7 Å². The molecule has 2 aliphatic rings. The van der Waals surface area contributed by atoms with E-state index in [4.69, 9.17) is 5.84 Å². The quantitative estimate of drug-likeness (QED) is 0.354. The van der Waals surface area contributed by atoms with E-state index in [1.54, 1.807) is 18.2 Å². The number of nitrogens with one attached hydrogen (secondary N) is 1.